The Morgan fingerprint density at radius 3 is 2.67 bits per heavy atom. The second kappa shape index (κ2) is 8.58. The van der Waals surface area contributed by atoms with E-state index in [0.29, 0.717) is 36.6 Å². The van der Waals surface area contributed by atoms with Gasteiger partial charge in [0.1, 0.15) is 6.61 Å². The van der Waals surface area contributed by atoms with Gasteiger partial charge >= 0.3 is 0 Å². The lowest BCUT2D eigenvalue weighted by Crippen LogP contribution is -2.37. The first-order valence-electron chi connectivity index (χ1n) is 9.05. The molecule has 6 nitrogen and oxygen atoms in total. The number of methoxy groups -OCH3 is 1. The van der Waals surface area contributed by atoms with Crippen LogP contribution in [0.5, 0.6) is 11.5 Å². The molecule has 0 aliphatic carbocycles. The standard InChI is InChI=1S/C21H24N2O4/c1-15(14-27-19-10-4-3-9-18(19)26-2)22-21(25)16-7-5-8-17(13-16)23-12-6-11-20(23)24/h3-5,7-10,13,15H,6,11-12,14H2,1-2H3,(H,22,25). The molecule has 2 aromatic rings. The molecule has 27 heavy (non-hydrogen) atoms. The minimum absolute atomic E-state index is 0.103. The molecule has 0 bridgehead atoms. The molecule has 6 heteroatoms. The van der Waals surface area contributed by atoms with Crippen LogP contribution in [0.15, 0.2) is 48.5 Å². The van der Waals surface area contributed by atoms with Gasteiger partial charge in [-0.1, -0.05) is 18.2 Å². The lowest BCUT2D eigenvalue weighted by atomic mass is 10.1. The summed E-state index contributed by atoms with van der Waals surface area (Å²) in [6, 6.07) is 14.3. The van der Waals surface area contributed by atoms with Gasteiger partial charge in [-0.25, -0.2) is 0 Å². The Hall–Kier alpha value is -3.02. The van der Waals surface area contributed by atoms with Crippen LogP contribution in [0.3, 0.4) is 0 Å². The van der Waals surface area contributed by atoms with Crippen molar-refractivity contribution >= 4 is 17.5 Å². The maximum absolute atomic E-state index is 12.5. The van der Waals surface area contributed by atoms with Crippen LogP contribution in [0.25, 0.3) is 0 Å². The summed E-state index contributed by atoms with van der Waals surface area (Å²) in [5, 5.41) is 2.92. The maximum Gasteiger partial charge on any atom is 0.251 e. The molecule has 1 atom stereocenters. The van der Waals surface area contributed by atoms with Crippen molar-refractivity contribution in [1.29, 1.82) is 0 Å². The summed E-state index contributed by atoms with van der Waals surface area (Å²) in [7, 11) is 1.59. The van der Waals surface area contributed by atoms with Crippen LogP contribution >= 0.6 is 0 Å². The van der Waals surface area contributed by atoms with E-state index in [1.54, 1.807) is 30.2 Å². The third kappa shape index (κ3) is 4.58. The second-order valence-corrected chi connectivity index (χ2v) is 6.54. The van der Waals surface area contributed by atoms with E-state index in [1.165, 1.54) is 0 Å². The summed E-state index contributed by atoms with van der Waals surface area (Å²) in [4.78, 5) is 26.2. The van der Waals surface area contributed by atoms with Gasteiger partial charge in [-0.05, 0) is 43.7 Å². The highest BCUT2D eigenvalue weighted by molar-refractivity contribution is 5.99. The highest BCUT2D eigenvalue weighted by Crippen LogP contribution is 2.26. The van der Waals surface area contributed by atoms with Crippen LogP contribution in [-0.2, 0) is 4.79 Å². The maximum atomic E-state index is 12.5. The van der Waals surface area contributed by atoms with E-state index in [9.17, 15) is 9.59 Å². The number of carbonyl (C=O) groups is 2. The molecule has 1 heterocycles. The molecule has 142 valence electrons. The van der Waals surface area contributed by atoms with E-state index in [-0.39, 0.29) is 17.9 Å². The molecular formula is C21H24N2O4. The molecule has 0 aromatic heterocycles. The van der Waals surface area contributed by atoms with E-state index in [1.807, 2.05) is 37.3 Å². The highest BCUT2D eigenvalue weighted by Gasteiger charge is 2.22. The Morgan fingerprint density at radius 1 is 1.19 bits per heavy atom. The molecule has 0 radical (unpaired) electrons. The van der Waals surface area contributed by atoms with Crippen LogP contribution in [0.2, 0.25) is 0 Å². The third-order valence-electron chi connectivity index (χ3n) is 4.43. The minimum atomic E-state index is -0.195. The van der Waals surface area contributed by atoms with Crippen molar-refractivity contribution in [3.8, 4) is 11.5 Å². The van der Waals surface area contributed by atoms with Crippen molar-refractivity contribution in [2.45, 2.75) is 25.8 Å². The summed E-state index contributed by atoms with van der Waals surface area (Å²) in [5.74, 6) is 1.19. The number of para-hydroxylation sites is 2. The Balaban J connectivity index is 1.59. The number of benzene rings is 2. The number of amides is 2. The van der Waals surface area contributed by atoms with Gasteiger partial charge < -0.3 is 19.7 Å². The number of hydrogen-bond acceptors (Lipinski definition) is 4. The molecule has 1 aliphatic heterocycles. The normalized spacial score (nSPS) is 14.7. The average Bonchev–Trinajstić information content (AvgIpc) is 3.12. The molecule has 0 spiro atoms. The molecule has 1 aliphatic rings. The van der Waals surface area contributed by atoms with E-state index in [2.05, 4.69) is 5.32 Å². The zero-order valence-corrected chi connectivity index (χ0v) is 15.6. The molecule has 1 unspecified atom stereocenters. The number of rotatable bonds is 7. The van der Waals surface area contributed by atoms with Gasteiger partial charge in [0.25, 0.3) is 5.91 Å². The Labute approximate surface area is 159 Å². The fraction of sp³-hybridized carbons (Fsp3) is 0.333. The second-order valence-electron chi connectivity index (χ2n) is 6.54. The molecule has 0 saturated carbocycles. The smallest absolute Gasteiger partial charge is 0.251 e. The van der Waals surface area contributed by atoms with Gasteiger partial charge in [0.15, 0.2) is 11.5 Å². The molecule has 3 rings (SSSR count). The van der Waals surface area contributed by atoms with Gasteiger partial charge in [-0.15, -0.1) is 0 Å². The van der Waals surface area contributed by atoms with Crippen LogP contribution in [0.1, 0.15) is 30.1 Å². The van der Waals surface area contributed by atoms with E-state index in [4.69, 9.17) is 9.47 Å². The van der Waals surface area contributed by atoms with E-state index >= 15 is 0 Å². The molecule has 1 saturated heterocycles. The summed E-state index contributed by atoms with van der Waals surface area (Å²) >= 11 is 0. The van der Waals surface area contributed by atoms with E-state index < -0.39 is 0 Å². The molecule has 2 aromatic carbocycles. The first kappa shape index (κ1) is 18.8. The zero-order chi connectivity index (χ0) is 19.2. The lowest BCUT2D eigenvalue weighted by Gasteiger charge is -2.18. The predicted octanol–water partition coefficient (Wildman–Crippen LogP) is 3.02. The first-order valence-corrected chi connectivity index (χ1v) is 9.05. The predicted molar refractivity (Wildman–Crippen MR) is 103 cm³/mol. The van der Waals surface area contributed by atoms with Crippen LogP contribution < -0.4 is 19.7 Å². The number of nitrogens with zero attached hydrogens (tertiary/aromatic N) is 1. The lowest BCUT2D eigenvalue weighted by molar-refractivity contribution is -0.117. The number of anilines is 1. The van der Waals surface area contributed by atoms with Gasteiger partial charge in [0.2, 0.25) is 5.91 Å². The van der Waals surface area contributed by atoms with Crippen LogP contribution in [0, 0.1) is 0 Å². The number of nitrogens with one attached hydrogen (secondary N) is 1. The van der Waals surface area contributed by atoms with Crippen molar-refractivity contribution in [3.05, 3.63) is 54.1 Å². The molecule has 2 amide bonds. The largest absolute Gasteiger partial charge is 0.493 e. The van der Waals surface area contributed by atoms with Gasteiger partial charge in [0.05, 0.1) is 13.2 Å². The first-order chi connectivity index (χ1) is 13.1. The monoisotopic (exact) mass is 368 g/mol. The Bertz CT molecular complexity index is 821. The van der Waals surface area contributed by atoms with Crippen LogP contribution in [-0.4, -0.2) is 38.1 Å². The Morgan fingerprint density at radius 2 is 1.96 bits per heavy atom. The van der Waals surface area contributed by atoms with Gasteiger partial charge in [-0.3, -0.25) is 9.59 Å². The number of carbonyl (C=O) groups excluding carboxylic acids is 2. The average molecular weight is 368 g/mol. The number of hydrogen-bond donors (Lipinski definition) is 1. The van der Waals surface area contributed by atoms with Crippen molar-refractivity contribution in [2.24, 2.45) is 0 Å². The summed E-state index contributed by atoms with van der Waals surface area (Å²) < 4.78 is 11.0. The molecule has 1 N–H and O–H groups in total. The van der Waals surface area contributed by atoms with Crippen molar-refractivity contribution in [2.75, 3.05) is 25.2 Å². The molecular weight excluding hydrogens is 344 g/mol. The van der Waals surface area contributed by atoms with Gasteiger partial charge in [0, 0.05) is 24.2 Å². The van der Waals surface area contributed by atoms with E-state index in [0.717, 1.165) is 12.1 Å². The third-order valence-corrected chi connectivity index (χ3v) is 4.43. The summed E-state index contributed by atoms with van der Waals surface area (Å²) in [6.07, 6.45) is 1.42. The SMILES string of the molecule is COc1ccccc1OCC(C)NC(=O)c1cccc(N2CCCC2=O)c1. The number of ether oxygens (including phenoxy) is 2. The van der Waals surface area contributed by atoms with Gasteiger partial charge in [-0.2, -0.15) is 0 Å². The summed E-state index contributed by atoms with van der Waals surface area (Å²) in [6.45, 7) is 2.89. The van der Waals surface area contributed by atoms with Crippen LogP contribution in [0.4, 0.5) is 5.69 Å². The van der Waals surface area contributed by atoms with Crippen molar-refractivity contribution in [1.82, 2.24) is 5.32 Å². The van der Waals surface area contributed by atoms with Crippen molar-refractivity contribution in [3.63, 3.8) is 0 Å². The quantitative estimate of drug-likeness (QED) is 0.816. The highest BCUT2D eigenvalue weighted by atomic mass is 16.5. The summed E-state index contributed by atoms with van der Waals surface area (Å²) in [5.41, 5.74) is 1.29. The fourth-order valence-corrected chi connectivity index (χ4v) is 3.04. The van der Waals surface area contributed by atoms with Crippen molar-refractivity contribution < 1.29 is 19.1 Å². The Kier molecular flexibility index (Phi) is 5.96. The molecule has 1 fully saturated rings. The topological polar surface area (TPSA) is 67.9 Å². The fourth-order valence-electron chi connectivity index (χ4n) is 3.04. The zero-order valence-electron chi connectivity index (χ0n) is 15.6. The minimum Gasteiger partial charge on any atom is -0.493 e.